The summed E-state index contributed by atoms with van der Waals surface area (Å²) < 4.78 is 38.2. The number of hydrogen-bond acceptors (Lipinski definition) is 4. The lowest BCUT2D eigenvalue weighted by molar-refractivity contribution is -0.137. The van der Waals surface area contributed by atoms with E-state index in [1.807, 2.05) is 24.1 Å². The molecule has 3 rings (SSSR count). The van der Waals surface area contributed by atoms with E-state index in [1.54, 1.807) is 6.20 Å². The molecule has 0 spiro atoms. The number of aromatic nitrogens is 1. The predicted octanol–water partition coefficient (Wildman–Crippen LogP) is 3.83. The summed E-state index contributed by atoms with van der Waals surface area (Å²) in [5, 5.41) is 12.6. The molecule has 0 bridgehead atoms. The van der Waals surface area contributed by atoms with Crippen molar-refractivity contribution in [2.45, 2.75) is 37.5 Å². The number of pyridine rings is 1. The van der Waals surface area contributed by atoms with Gasteiger partial charge in [-0.25, -0.2) is 0 Å². The molecule has 2 atom stereocenters. The SMILES string of the molecule is CN(CO)CCC1CCC(c2cc(-c3ccc(C(F)(F)F)cc3)ccn2)N1. The standard InChI is InChI=1S/C20H24F3N3O/c1-26(13-27)11-9-17-6-7-18(25-17)19-12-15(8-10-24-19)14-2-4-16(5-3-14)20(21,22)23/h2-5,8,10,12,17-18,25,27H,6-7,9,11,13H2,1H3. The van der Waals surface area contributed by atoms with Crippen LogP contribution in [0.5, 0.6) is 0 Å². The monoisotopic (exact) mass is 379 g/mol. The summed E-state index contributed by atoms with van der Waals surface area (Å²) >= 11 is 0. The molecule has 0 radical (unpaired) electrons. The quantitative estimate of drug-likeness (QED) is 0.749. The van der Waals surface area contributed by atoms with E-state index < -0.39 is 11.7 Å². The number of aliphatic hydroxyl groups excluding tert-OH is 1. The van der Waals surface area contributed by atoms with Gasteiger partial charge in [0.2, 0.25) is 0 Å². The molecule has 1 saturated heterocycles. The Bertz CT molecular complexity index is 749. The van der Waals surface area contributed by atoms with Crippen molar-refractivity contribution in [3.63, 3.8) is 0 Å². The average molecular weight is 379 g/mol. The fourth-order valence-electron chi connectivity index (χ4n) is 3.40. The van der Waals surface area contributed by atoms with E-state index in [-0.39, 0.29) is 12.8 Å². The molecule has 0 saturated carbocycles. The van der Waals surface area contributed by atoms with Crippen LogP contribution in [0.2, 0.25) is 0 Å². The van der Waals surface area contributed by atoms with Crippen molar-refractivity contribution in [3.8, 4) is 11.1 Å². The van der Waals surface area contributed by atoms with E-state index in [1.165, 1.54) is 12.1 Å². The summed E-state index contributed by atoms with van der Waals surface area (Å²) in [6.45, 7) is 0.868. The number of benzene rings is 1. The van der Waals surface area contributed by atoms with Crippen LogP contribution in [0.3, 0.4) is 0 Å². The van der Waals surface area contributed by atoms with Crippen LogP contribution in [0, 0.1) is 0 Å². The number of hydrogen-bond donors (Lipinski definition) is 2. The zero-order valence-electron chi connectivity index (χ0n) is 15.2. The molecule has 4 nitrogen and oxygen atoms in total. The molecule has 2 unspecified atom stereocenters. The Morgan fingerprint density at radius 1 is 1.15 bits per heavy atom. The molecule has 146 valence electrons. The maximum Gasteiger partial charge on any atom is 0.416 e. The van der Waals surface area contributed by atoms with Gasteiger partial charge in [0.1, 0.15) is 0 Å². The van der Waals surface area contributed by atoms with Crippen LogP contribution in [0.15, 0.2) is 42.6 Å². The third-order valence-corrected chi connectivity index (χ3v) is 5.03. The molecule has 1 aliphatic heterocycles. The van der Waals surface area contributed by atoms with E-state index in [0.29, 0.717) is 6.04 Å². The van der Waals surface area contributed by atoms with Gasteiger partial charge in [-0.1, -0.05) is 12.1 Å². The Labute approximate surface area is 157 Å². The van der Waals surface area contributed by atoms with Crippen molar-refractivity contribution in [1.82, 2.24) is 15.2 Å². The van der Waals surface area contributed by atoms with E-state index in [0.717, 1.165) is 54.8 Å². The minimum Gasteiger partial charge on any atom is -0.381 e. The van der Waals surface area contributed by atoms with E-state index >= 15 is 0 Å². The molecule has 0 aliphatic carbocycles. The van der Waals surface area contributed by atoms with Gasteiger partial charge in [0.15, 0.2) is 0 Å². The third-order valence-electron chi connectivity index (χ3n) is 5.03. The summed E-state index contributed by atoms with van der Waals surface area (Å²) in [5.41, 5.74) is 1.86. The topological polar surface area (TPSA) is 48.4 Å². The third kappa shape index (κ3) is 5.06. The Morgan fingerprint density at radius 2 is 1.89 bits per heavy atom. The Morgan fingerprint density at radius 3 is 2.56 bits per heavy atom. The fourth-order valence-corrected chi connectivity index (χ4v) is 3.40. The second kappa shape index (κ2) is 8.37. The van der Waals surface area contributed by atoms with Crippen LogP contribution in [0.25, 0.3) is 11.1 Å². The zero-order chi connectivity index (χ0) is 19.4. The molecular formula is C20H24F3N3O. The number of nitrogens with one attached hydrogen (secondary N) is 1. The second-order valence-corrected chi connectivity index (χ2v) is 7.05. The van der Waals surface area contributed by atoms with Gasteiger partial charge in [-0.15, -0.1) is 0 Å². The van der Waals surface area contributed by atoms with Crippen LogP contribution in [-0.2, 0) is 6.18 Å². The van der Waals surface area contributed by atoms with Crippen LogP contribution in [0.4, 0.5) is 13.2 Å². The van der Waals surface area contributed by atoms with E-state index in [9.17, 15) is 13.2 Å². The molecule has 1 aromatic carbocycles. The van der Waals surface area contributed by atoms with E-state index in [4.69, 9.17) is 5.11 Å². The second-order valence-electron chi connectivity index (χ2n) is 7.05. The normalized spacial score (nSPS) is 20.4. The molecule has 1 aromatic heterocycles. The summed E-state index contributed by atoms with van der Waals surface area (Å²) in [6.07, 6.45) is 0.338. The molecular weight excluding hydrogens is 355 g/mol. The van der Waals surface area contributed by atoms with Crippen molar-refractivity contribution >= 4 is 0 Å². The first-order valence-corrected chi connectivity index (χ1v) is 9.06. The van der Waals surface area contributed by atoms with Crippen molar-refractivity contribution in [1.29, 1.82) is 0 Å². The molecule has 2 N–H and O–H groups in total. The van der Waals surface area contributed by atoms with Gasteiger partial charge in [-0.2, -0.15) is 13.2 Å². The Kier molecular flexibility index (Phi) is 6.14. The largest absolute Gasteiger partial charge is 0.416 e. The van der Waals surface area contributed by atoms with Crippen LogP contribution in [-0.4, -0.2) is 41.4 Å². The van der Waals surface area contributed by atoms with Gasteiger partial charge >= 0.3 is 6.18 Å². The van der Waals surface area contributed by atoms with Gasteiger partial charge in [-0.05, 0) is 61.7 Å². The highest BCUT2D eigenvalue weighted by molar-refractivity contribution is 5.64. The lowest BCUT2D eigenvalue weighted by Gasteiger charge is -2.18. The van der Waals surface area contributed by atoms with Crippen LogP contribution >= 0.6 is 0 Å². The number of alkyl halides is 3. The van der Waals surface area contributed by atoms with Crippen molar-refractivity contribution < 1.29 is 18.3 Å². The maximum absolute atomic E-state index is 12.7. The molecule has 1 fully saturated rings. The highest BCUT2D eigenvalue weighted by Gasteiger charge is 2.30. The summed E-state index contributed by atoms with van der Waals surface area (Å²) in [7, 11) is 1.88. The highest BCUT2D eigenvalue weighted by Crippen LogP contribution is 2.32. The molecule has 0 amide bonds. The summed E-state index contributed by atoms with van der Waals surface area (Å²) in [6, 6.07) is 9.49. The van der Waals surface area contributed by atoms with Gasteiger partial charge in [0, 0.05) is 24.8 Å². The van der Waals surface area contributed by atoms with Gasteiger partial charge in [0.05, 0.1) is 18.0 Å². The Hall–Kier alpha value is -1.96. The van der Waals surface area contributed by atoms with Crippen LogP contribution < -0.4 is 5.32 Å². The lowest BCUT2D eigenvalue weighted by Crippen LogP contribution is -2.30. The van der Waals surface area contributed by atoms with Crippen LogP contribution in [0.1, 0.15) is 36.6 Å². The summed E-state index contributed by atoms with van der Waals surface area (Å²) in [5.74, 6) is 0. The molecule has 2 aromatic rings. The number of rotatable bonds is 6. The smallest absolute Gasteiger partial charge is 0.381 e. The predicted molar refractivity (Wildman–Crippen MR) is 97.9 cm³/mol. The number of nitrogens with zero attached hydrogens (tertiary/aromatic N) is 2. The minimum absolute atomic E-state index is 0.0485. The number of halogens is 3. The minimum atomic E-state index is -4.32. The van der Waals surface area contributed by atoms with Crippen molar-refractivity contribution in [2.75, 3.05) is 20.3 Å². The zero-order valence-corrected chi connectivity index (χ0v) is 15.2. The van der Waals surface area contributed by atoms with Gasteiger partial charge in [-0.3, -0.25) is 9.88 Å². The summed E-state index contributed by atoms with van der Waals surface area (Å²) in [4.78, 5) is 6.32. The fraction of sp³-hybridized carbons (Fsp3) is 0.450. The van der Waals surface area contributed by atoms with Gasteiger partial charge < -0.3 is 10.4 Å². The first-order valence-electron chi connectivity index (χ1n) is 9.06. The molecule has 27 heavy (non-hydrogen) atoms. The molecule has 7 heteroatoms. The molecule has 1 aliphatic rings. The number of aliphatic hydroxyl groups is 1. The molecule has 2 heterocycles. The Balaban J connectivity index is 1.67. The average Bonchev–Trinajstić information content (AvgIpc) is 3.15. The highest BCUT2D eigenvalue weighted by atomic mass is 19.4. The van der Waals surface area contributed by atoms with Crippen molar-refractivity contribution in [2.24, 2.45) is 0 Å². The first-order chi connectivity index (χ1) is 12.9. The maximum atomic E-state index is 12.7. The van der Waals surface area contributed by atoms with Gasteiger partial charge in [0.25, 0.3) is 0 Å². The van der Waals surface area contributed by atoms with Crippen molar-refractivity contribution in [3.05, 3.63) is 53.9 Å². The first kappa shape index (κ1) is 19.8. The lowest BCUT2D eigenvalue weighted by atomic mass is 10.0. The van der Waals surface area contributed by atoms with E-state index in [2.05, 4.69) is 10.3 Å².